The topological polar surface area (TPSA) is 84.4 Å². The Hall–Kier alpha value is -0.810. The average Bonchev–Trinajstić information content (AvgIpc) is 2.62. The van der Waals surface area contributed by atoms with Crippen molar-refractivity contribution in [1.82, 2.24) is 15.5 Å². The molecule has 1 amide bonds. The zero-order valence-electron chi connectivity index (χ0n) is 18.1. The number of hydrogen-bond acceptors (Lipinski definition) is 5. The van der Waals surface area contributed by atoms with E-state index in [1.54, 1.807) is 14.2 Å². The fourth-order valence-electron chi connectivity index (χ4n) is 2.83. The summed E-state index contributed by atoms with van der Waals surface area (Å²) in [6, 6.07) is 0.115. The molecule has 1 heterocycles. The summed E-state index contributed by atoms with van der Waals surface area (Å²) in [4.78, 5) is 18.6. The first-order valence-electron chi connectivity index (χ1n) is 9.88. The first-order chi connectivity index (χ1) is 12.9. The van der Waals surface area contributed by atoms with Gasteiger partial charge in [-0.25, -0.2) is 4.79 Å². The van der Waals surface area contributed by atoms with Crippen LogP contribution in [0.15, 0.2) is 4.99 Å². The zero-order valence-corrected chi connectivity index (χ0v) is 20.4. The molecule has 0 aromatic carbocycles. The minimum Gasteiger partial charge on any atom is -0.444 e. The highest BCUT2D eigenvalue weighted by Crippen LogP contribution is 2.20. The number of ether oxygens (including phenoxy) is 3. The number of rotatable bonds is 9. The highest BCUT2D eigenvalue weighted by atomic mass is 127. The molecule has 1 saturated heterocycles. The molecule has 8 nitrogen and oxygen atoms in total. The first kappa shape index (κ1) is 27.2. The Kier molecular flexibility index (Phi) is 14.6. The number of amides is 1. The standard InChI is InChI=1S/C19H38N4O4.HI/c1-19(2,3)27-18(24)23-11-7-6-9-16(23)15-22-17(20-4)21-10-8-12-26-14-13-25-5;/h16H,6-15H2,1-5H3,(H2,20,21,22);1H. The smallest absolute Gasteiger partial charge is 0.410 e. The van der Waals surface area contributed by atoms with Crippen LogP contribution in [0.4, 0.5) is 4.79 Å². The molecule has 1 fully saturated rings. The van der Waals surface area contributed by atoms with Crippen LogP contribution >= 0.6 is 24.0 Å². The van der Waals surface area contributed by atoms with Crippen molar-refractivity contribution >= 4 is 36.0 Å². The van der Waals surface area contributed by atoms with E-state index in [9.17, 15) is 4.79 Å². The van der Waals surface area contributed by atoms with Crippen LogP contribution in [0.25, 0.3) is 0 Å². The molecular weight excluding hydrogens is 475 g/mol. The Morgan fingerprint density at radius 2 is 1.93 bits per heavy atom. The van der Waals surface area contributed by atoms with E-state index in [2.05, 4.69) is 15.6 Å². The number of halogens is 1. The summed E-state index contributed by atoms with van der Waals surface area (Å²) in [7, 11) is 3.41. The Labute approximate surface area is 187 Å². The second-order valence-corrected chi connectivity index (χ2v) is 7.66. The Morgan fingerprint density at radius 3 is 2.57 bits per heavy atom. The highest BCUT2D eigenvalue weighted by molar-refractivity contribution is 14.0. The summed E-state index contributed by atoms with van der Waals surface area (Å²) < 4.78 is 15.9. The van der Waals surface area contributed by atoms with Crippen molar-refractivity contribution in [2.24, 2.45) is 4.99 Å². The third-order valence-corrected chi connectivity index (χ3v) is 4.17. The second-order valence-electron chi connectivity index (χ2n) is 7.66. The molecule has 166 valence electrons. The van der Waals surface area contributed by atoms with Crippen molar-refractivity contribution < 1.29 is 19.0 Å². The molecule has 1 aliphatic heterocycles. The normalized spacial score (nSPS) is 17.7. The summed E-state index contributed by atoms with van der Waals surface area (Å²) in [5.41, 5.74) is -0.477. The zero-order chi connectivity index (χ0) is 20.1. The Bertz CT molecular complexity index is 458. The number of methoxy groups -OCH3 is 1. The molecule has 0 aromatic heterocycles. The van der Waals surface area contributed by atoms with Gasteiger partial charge in [0, 0.05) is 40.4 Å². The lowest BCUT2D eigenvalue weighted by Crippen LogP contribution is -2.52. The molecule has 0 radical (unpaired) electrons. The largest absolute Gasteiger partial charge is 0.444 e. The van der Waals surface area contributed by atoms with Gasteiger partial charge in [-0.3, -0.25) is 4.99 Å². The molecule has 1 unspecified atom stereocenters. The second kappa shape index (κ2) is 15.1. The van der Waals surface area contributed by atoms with Crippen molar-refractivity contribution in [3.63, 3.8) is 0 Å². The molecule has 0 saturated carbocycles. The third-order valence-electron chi connectivity index (χ3n) is 4.17. The van der Waals surface area contributed by atoms with Crippen LogP contribution in [0.3, 0.4) is 0 Å². The van der Waals surface area contributed by atoms with E-state index in [1.165, 1.54) is 0 Å². The van der Waals surface area contributed by atoms with Crippen molar-refractivity contribution in [1.29, 1.82) is 0 Å². The van der Waals surface area contributed by atoms with Gasteiger partial charge in [-0.15, -0.1) is 24.0 Å². The van der Waals surface area contributed by atoms with Crippen LogP contribution < -0.4 is 10.6 Å². The van der Waals surface area contributed by atoms with Gasteiger partial charge >= 0.3 is 6.09 Å². The van der Waals surface area contributed by atoms with E-state index < -0.39 is 5.60 Å². The predicted molar refractivity (Wildman–Crippen MR) is 123 cm³/mol. The van der Waals surface area contributed by atoms with E-state index in [1.807, 2.05) is 25.7 Å². The number of nitrogens with one attached hydrogen (secondary N) is 2. The molecule has 1 rings (SSSR count). The van der Waals surface area contributed by atoms with Gasteiger partial charge in [0.1, 0.15) is 5.60 Å². The maximum atomic E-state index is 12.5. The van der Waals surface area contributed by atoms with E-state index in [-0.39, 0.29) is 36.1 Å². The number of carbonyl (C=O) groups excluding carboxylic acids is 1. The molecule has 1 aliphatic rings. The molecular formula is C19H39IN4O4. The summed E-state index contributed by atoms with van der Waals surface area (Å²) in [5.74, 6) is 0.738. The Morgan fingerprint density at radius 1 is 1.18 bits per heavy atom. The van der Waals surface area contributed by atoms with Gasteiger partial charge in [0.05, 0.1) is 19.3 Å². The summed E-state index contributed by atoms with van der Waals surface area (Å²) in [5, 5.41) is 6.60. The predicted octanol–water partition coefficient (Wildman–Crippen LogP) is 2.61. The van der Waals surface area contributed by atoms with Gasteiger partial charge in [0.15, 0.2) is 5.96 Å². The molecule has 1 atom stereocenters. The number of carbonyl (C=O) groups is 1. The summed E-state index contributed by atoms with van der Waals surface area (Å²) in [6.45, 7) is 9.77. The fourth-order valence-corrected chi connectivity index (χ4v) is 2.83. The lowest BCUT2D eigenvalue weighted by atomic mass is 10.0. The highest BCUT2D eigenvalue weighted by Gasteiger charge is 2.30. The molecule has 28 heavy (non-hydrogen) atoms. The van der Waals surface area contributed by atoms with Gasteiger partial charge in [0.25, 0.3) is 0 Å². The molecule has 2 N–H and O–H groups in total. The quantitative estimate of drug-likeness (QED) is 0.213. The van der Waals surface area contributed by atoms with Crippen molar-refractivity contribution in [3.05, 3.63) is 0 Å². The number of piperidine rings is 1. The Balaban J connectivity index is 0.00000729. The average molecular weight is 514 g/mol. The number of aliphatic imine (C=N–C) groups is 1. The minimum atomic E-state index is -0.477. The lowest BCUT2D eigenvalue weighted by Gasteiger charge is -2.37. The lowest BCUT2D eigenvalue weighted by molar-refractivity contribution is 0.0104. The van der Waals surface area contributed by atoms with Gasteiger partial charge in [-0.05, 0) is 46.5 Å². The van der Waals surface area contributed by atoms with E-state index in [0.29, 0.717) is 26.4 Å². The van der Waals surface area contributed by atoms with Crippen LogP contribution in [0, 0.1) is 0 Å². The first-order valence-corrected chi connectivity index (χ1v) is 9.88. The maximum Gasteiger partial charge on any atom is 0.410 e. The minimum absolute atomic E-state index is 0. The van der Waals surface area contributed by atoms with Gasteiger partial charge in [-0.1, -0.05) is 0 Å². The molecule has 0 spiro atoms. The summed E-state index contributed by atoms with van der Waals surface area (Å²) in [6.07, 6.45) is 3.77. The molecule has 0 aliphatic carbocycles. The van der Waals surface area contributed by atoms with Crippen LogP contribution in [0.5, 0.6) is 0 Å². The van der Waals surface area contributed by atoms with Crippen molar-refractivity contribution in [3.8, 4) is 0 Å². The number of likely N-dealkylation sites (tertiary alicyclic amines) is 1. The molecule has 0 aromatic rings. The van der Waals surface area contributed by atoms with Crippen LogP contribution in [-0.4, -0.2) is 82.2 Å². The SMILES string of the molecule is CN=C(NCCCOCCOC)NCC1CCCCN1C(=O)OC(C)(C)C.I. The monoisotopic (exact) mass is 514 g/mol. The van der Waals surface area contributed by atoms with Crippen LogP contribution in [0.2, 0.25) is 0 Å². The summed E-state index contributed by atoms with van der Waals surface area (Å²) >= 11 is 0. The number of nitrogens with zero attached hydrogens (tertiary/aromatic N) is 2. The molecule has 9 heteroatoms. The van der Waals surface area contributed by atoms with Crippen molar-refractivity contribution in [2.45, 2.75) is 58.1 Å². The van der Waals surface area contributed by atoms with Crippen molar-refractivity contribution in [2.75, 3.05) is 53.6 Å². The van der Waals surface area contributed by atoms with E-state index >= 15 is 0 Å². The maximum absolute atomic E-state index is 12.5. The van der Waals surface area contributed by atoms with Gasteiger partial charge in [-0.2, -0.15) is 0 Å². The van der Waals surface area contributed by atoms with E-state index in [4.69, 9.17) is 14.2 Å². The molecule has 0 bridgehead atoms. The van der Waals surface area contributed by atoms with E-state index in [0.717, 1.165) is 44.7 Å². The van der Waals surface area contributed by atoms with Gasteiger partial charge in [0.2, 0.25) is 0 Å². The fraction of sp³-hybridized carbons (Fsp3) is 0.895. The van der Waals surface area contributed by atoms with Crippen LogP contribution in [0.1, 0.15) is 46.5 Å². The number of hydrogen-bond donors (Lipinski definition) is 2. The number of guanidine groups is 1. The van der Waals surface area contributed by atoms with Gasteiger partial charge < -0.3 is 29.7 Å². The van der Waals surface area contributed by atoms with Crippen LogP contribution in [-0.2, 0) is 14.2 Å². The third kappa shape index (κ3) is 11.9.